The van der Waals surface area contributed by atoms with Crippen LogP contribution in [0.4, 0.5) is 5.69 Å². The topological polar surface area (TPSA) is 75.7 Å². The lowest BCUT2D eigenvalue weighted by Gasteiger charge is -2.15. The van der Waals surface area contributed by atoms with E-state index < -0.39 is 5.97 Å². The molecule has 0 bridgehead atoms. The van der Waals surface area contributed by atoms with Crippen LogP contribution in [0.2, 0.25) is 0 Å². The Hall–Kier alpha value is -2.02. The summed E-state index contributed by atoms with van der Waals surface area (Å²) in [6, 6.07) is 6.57. The summed E-state index contributed by atoms with van der Waals surface area (Å²) in [4.78, 5) is 36.4. The van der Waals surface area contributed by atoms with Gasteiger partial charge in [0.2, 0.25) is 11.8 Å². The van der Waals surface area contributed by atoms with Gasteiger partial charge in [-0.2, -0.15) is 0 Å². The quantitative estimate of drug-likeness (QED) is 0.837. The van der Waals surface area contributed by atoms with Crippen molar-refractivity contribution in [3.63, 3.8) is 0 Å². The van der Waals surface area contributed by atoms with Gasteiger partial charge in [-0.25, -0.2) is 4.79 Å². The van der Waals surface area contributed by atoms with Gasteiger partial charge in [-0.05, 0) is 12.1 Å². The first-order valence-corrected chi connectivity index (χ1v) is 7.10. The number of nitrogens with one attached hydrogen (secondary N) is 1. The average molecular weight is 294 g/mol. The predicted molar refractivity (Wildman–Crippen MR) is 75.4 cm³/mol. The third kappa shape index (κ3) is 3.30. The molecule has 0 aliphatic carbocycles. The smallest absolute Gasteiger partial charge is 0.339 e. The molecule has 0 saturated carbocycles. The lowest BCUT2D eigenvalue weighted by atomic mass is 10.2. The number of carbonyl (C=O) groups is 3. The van der Waals surface area contributed by atoms with E-state index in [4.69, 9.17) is 0 Å². The van der Waals surface area contributed by atoms with Crippen LogP contribution in [0.25, 0.3) is 0 Å². The van der Waals surface area contributed by atoms with Crippen molar-refractivity contribution in [2.45, 2.75) is 0 Å². The third-order valence-electron chi connectivity index (χ3n) is 2.77. The zero-order valence-corrected chi connectivity index (χ0v) is 11.7. The Morgan fingerprint density at radius 2 is 2.15 bits per heavy atom. The van der Waals surface area contributed by atoms with Gasteiger partial charge in [-0.15, -0.1) is 11.8 Å². The number of hydrogen-bond donors (Lipinski definition) is 1. The second kappa shape index (κ2) is 6.42. The van der Waals surface area contributed by atoms with Gasteiger partial charge in [0.15, 0.2) is 0 Å². The highest BCUT2D eigenvalue weighted by Gasteiger charge is 2.23. The van der Waals surface area contributed by atoms with E-state index in [1.165, 1.54) is 23.8 Å². The monoisotopic (exact) mass is 294 g/mol. The molecule has 20 heavy (non-hydrogen) atoms. The number of benzene rings is 1. The molecule has 7 heteroatoms. The minimum absolute atomic E-state index is 0.0126. The molecule has 0 radical (unpaired) electrons. The predicted octanol–water partition coefficient (Wildman–Crippen LogP) is 0.945. The Balaban J connectivity index is 2.04. The second-order valence-corrected chi connectivity index (χ2v) is 5.11. The Labute approximate surface area is 120 Å². The third-order valence-corrected chi connectivity index (χ3v) is 3.71. The first-order valence-electron chi connectivity index (χ1n) is 5.94. The molecule has 0 atom stereocenters. The maximum Gasteiger partial charge on any atom is 0.339 e. The van der Waals surface area contributed by atoms with Crippen LogP contribution in [0.1, 0.15) is 10.4 Å². The molecule has 6 nitrogen and oxygen atoms in total. The van der Waals surface area contributed by atoms with Crippen molar-refractivity contribution in [2.75, 3.05) is 30.6 Å². The number of methoxy groups -OCH3 is 1. The molecule has 2 amide bonds. The van der Waals surface area contributed by atoms with Gasteiger partial charge in [0.25, 0.3) is 0 Å². The van der Waals surface area contributed by atoms with Crippen LogP contribution in [0.15, 0.2) is 24.3 Å². The number of ether oxygens (including phenoxy) is 1. The molecule has 106 valence electrons. The first-order chi connectivity index (χ1) is 9.61. The molecule has 1 saturated heterocycles. The standard InChI is InChI=1S/C13H14N2O4S/c1-19-13(18)9-4-2-3-5-10(9)14-11(16)6-15-8-20-7-12(15)17/h2-5H,6-8H2,1H3,(H,14,16). The zero-order chi connectivity index (χ0) is 14.5. The van der Waals surface area contributed by atoms with Crippen LogP contribution in [-0.2, 0) is 14.3 Å². The number of rotatable bonds is 4. The van der Waals surface area contributed by atoms with E-state index in [0.29, 0.717) is 17.3 Å². The summed E-state index contributed by atoms with van der Waals surface area (Å²) >= 11 is 1.47. The highest BCUT2D eigenvalue weighted by atomic mass is 32.2. The van der Waals surface area contributed by atoms with Gasteiger partial charge in [-0.1, -0.05) is 12.1 Å². The molecule has 0 unspecified atom stereocenters. The van der Waals surface area contributed by atoms with Gasteiger partial charge in [0.1, 0.15) is 6.54 Å². The molecular weight excluding hydrogens is 280 g/mol. The number of carbonyl (C=O) groups excluding carboxylic acids is 3. The Bertz CT molecular complexity index is 547. The van der Waals surface area contributed by atoms with Gasteiger partial charge in [0.05, 0.1) is 30.0 Å². The number of nitrogens with zero attached hydrogens (tertiary/aromatic N) is 1. The fourth-order valence-corrected chi connectivity index (χ4v) is 2.69. The minimum atomic E-state index is -0.520. The number of esters is 1. The maximum absolute atomic E-state index is 11.9. The van der Waals surface area contributed by atoms with E-state index in [-0.39, 0.29) is 23.9 Å². The van der Waals surface area contributed by atoms with Gasteiger partial charge in [0, 0.05) is 0 Å². The zero-order valence-electron chi connectivity index (χ0n) is 10.9. The Kier molecular flexibility index (Phi) is 4.62. The van der Waals surface area contributed by atoms with Gasteiger partial charge < -0.3 is 15.0 Å². The van der Waals surface area contributed by atoms with E-state index in [9.17, 15) is 14.4 Å². The van der Waals surface area contributed by atoms with E-state index in [1.807, 2.05) is 0 Å². The minimum Gasteiger partial charge on any atom is -0.465 e. The molecule has 1 aromatic carbocycles. The lowest BCUT2D eigenvalue weighted by molar-refractivity contribution is -0.130. The molecule has 1 heterocycles. The van der Waals surface area contributed by atoms with Crippen LogP contribution in [0, 0.1) is 0 Å². The molecule has 1 aliphatic heterocycles. The van der Waals surface area contributed by atoms with Crippen molar-refractivity contribution in [3.8, 4) is 0 Å². The van der Waals surface area contributed by atoms with Crippen molar-refractivity contribution in [1.82, 2.24) is 4.90 Å². The summed E-state index contributed by atoms with van der Waals surface area (Å²) in [7, 11) is 1.28. The number of para-hydroxylation sites is 1. The molecule has 1 fully saturated rings. The molecule has 2 rings (SSSR count). The fourth-order valence-electron chi connectivity index (χ4n) is 1.78. The van der Waals surface area contributed by atoms with Crippen molar-refractivity contribution >= 4 is 35.2 Å². The number of thioether (sulfide) groups is 1. The maximum atomic E-state index is 11.9. The molecule has 0 aromatic heterocycles. The molecule has 1 aromatic rings. The van der Waals surface area contributed by atoms with Gasteiger partial charge >= 0.3 is 5.97 Å². The summed E-state index contributed by atoms with van der Waals surface area (Å²) in [5, 5.41) is 2.63. The van der Waals surface area contributed by atoms with Crippen LogP contribution in [0.3, 0.4) is 0 Å². The fraction of sp³-hybridized carbons (Fsp3) is 0.308. The van der Waals surface area contributed by atoms with Crippen molar-refractivity contribution in [2.24, 2.45) is 0 Å². The molecule has 0 spiro atoms. The summed E-state index contributed by atoms with van der Waals surface area (Å²) < 4.78 is 4.65. The summed E-state index contributed by atoms with van der Waals surface area (Å²) in [6.45, 7) is -0.0126. The number of anilines is 1. The van der Waals surface area contributed by atoms with Crippen LogP contribution >= 0.6 is 11.8 Å². The van der Waals surface area contributed by atoms with E-state index >= 15 is 0 Å². The van der Waals surface area contributed by atoms with E-state index in [1.54, 1.807) is 24.3 Å². The summed E-state index contributed by atoms with van der Waals surface area (Å²) in [5.41, 5.74) is 0.661. The van der Waals surface area contributed by atoms with E-state index in [0.717, 1.165) is 0 Å². The van der Waals surface area contributed by atoms with Crippen LogP contribution < -0.4 is 5.32 Å². The van der Waals surface area contributed by atoms with Crippen molar-refractivity contribution in [1.29, 1.82) is 0 Å². The molecular formula is C13H14N2O4S. The number of hydrogen-bond acceptors (Lipinski definition) is 5. The average Bonchev–Trinajstić information content (AvgIpc) is 2.84. The Morgan fingerprint density at radius 3 is 2.80 bits per heavy atom. The SMILES string of the molecule is COC(=O)c1ccccc1NC(=O)CN1CSCC1=O. The molecule has 1 N–H and O–H groups in total. The van der Waals surface area contributed by atoms with Gasteiger partial charge in [-0.3, -0.25) is 9.59 Å². The number of amides is 2. The Morgan fingerprint density at radius 1 is 1.40 bits per heavy atom. The summed E-state index contributed by atoms with van der Waals surface area (Å²) in [6.07, 6.45) is 0. The largest absolute Gasteiger partial charge is 0.465 e. The molecule has 1 aliphatic rings. The lowest BCUT2D eigenvalue weighted by Crippen LogP contribution is -2.34. The summed E-state index contributed by atoms with van der Waals surface area (Å²) in [5.74, 6) is 0.0222. The second-order valence-electron chi connectivity index (χ2n) is 4.15. The highest BCUT2D eigenvalue weighted by Crippen LogP contribution is 2.17. The first kappa shape index (κ1) is 14.4. The van der Waals surface area contributed by atoms with E-state index in [2.05, 4.69) is 10.1 Å². The highest BCUT2D eigenvalue weighted by molar-refractivity contribution is 8.00. The van der Waals surface area contributed by atoms with Crippen molar-refractivity contribution in [3.05, 3.63) is 29.8 Å². The van der Waals surface area contributed by atoms with Crippen LogP contribution in [-0.4, -0.2) is 48.0 Å². The van der Waals surface area contributed by atoms with Crippen LogP contribution in [0.5, 0.6) is 0 Å². The normalized spacial score (nSPS) is 14.2. The van der Waals surface area contributed by atoms with Crippen molar-refractivity contribution < 1.29 is 19.1 Å².